The number of nitrogens with zero attached hydrogens (tertiary/aromatic N) is 1. The van der Waals surface area contributed by atoms with E-state index in [1.54, 1.807) is 6.08 Å². The maximum Gasteiger partial charge on any atom is 0.326 e. The monoisotopic (exact) mass is 225 g/mol. The van der Waals surface area contributed by atoms with Gasteiger partial charge in [-0.3, -0.25) is 4.79 Å². The first-order valence-electron chi connectivity index (χ1n) is 5.76. The molecule has 0 radical (unpaired) electrons. The van der Waals surface area contributed by atoms with E-state index in [9.17, 15) is 9.59 Å². The molecule has 0 aromatic rings. The fourth-order valence-electron chi connectivity index (χ4n) is 1.85. The number of carboxylic acid groups (broad SMARTS) is 1. The molecule has 0 saturated carbocycles. The standard InChI is InChI=1S/C12H19NO3/c1-3-9(2)8-11(14)13-7-5-4-6-10(13)12(15)16/h8,10H,3-7H2,1-2H3,(H,15,16)/b9-8+. The molecule has 0 bridgehead atoms. The summed E-state index contributed by atoms with van der Waals surface area (Å²) in [6, 6.07) is -0.637. The van der Waals surface area contributed by atoms with E-state index in [0.29, 0.717) is 13.0 Å². The van der Waals surface area contributed by atoms with Gasteiger partial charge in [0.1, 0.15) is 6.04 Å². The van der Waals surface area contributed by atoms with Crippen LogP contribution in [-0.4, -0.2) is 34.5 Å². The van der Waals surface area contributed by atoms with Crippen molar-refractivity contribution in [3.63, 3.8) is 0 Å². The molecule has 0 aliphatic carbocycles. The number of aliphatic carboxylic acids is 1. The van der Waals surface area contributed by atoms with Gasteiger partial charge in [0.15, 0.2) is 0 Å². The summed E-state index contributed by atoms with van der Waals surface area (Å²) in [4.78, 5) is 24.4. The lowest BCUT2D eigenvalue weighted by atomic mass is 10.0. The zero-order valence-corrected chi connectivity index (χ0v) is 9.90. The zero-order valence-electron chi connectivity index (χ0n) is 9.90. The first-order chi connectivity index (χ1) is 7.56. The van der Waals surface area contributed by atoms with E-state index in [-0.39, 0.29) is 5.91 Å². The van der Waals surface area contributed by atoms with Crippen LogP contribution < -0.4 is 0 Å². The lowest BCUT2D eigenvalue weighted by Crippen LogP contribution is -2.47. The third-order valence-corrected chi connectivity index (χ3v) is 3.00. The first kappa shape index (κ1) is 12.7. The molecule has 1 atom stereocenters. The van der Waals surface area contributed by atoms with Crippen molar-refractivity contribution < 1.29 is 14.7 Å². The van der Waals surface area contributed by atoms with Crippen LogP contribution in [-0.2, 0) is 9.59 Å². The molecule has 1 heterocycles. The summed E-state index contributed by atoms with van der Waals surface area (Å²) >= 11 is 0. The number of amides is 1. The maximum atomic E-state index is 11.9. The molecular formula is C12H19NO3. The highest BCUT2D eigenvalue weighted by atomic mass is 16.4. The van der Waals surface area contributed by atoms with Crippen LogP contribution in [0.15, 0.2) is 11.6 Å². The zero-order chi connectivity index (χ0) is 12.1. The van der Waals surface area contributed by atoms with Crippen LogP contribution in [0.5, 0.6) is 0 Å². The molecule has 4 heteroatoms. The van der Waals surface area contributed by atoms with E-state index in [2.05, 4.69) is 0 Å². The van der Waals surface area contributed by atoms with Crippen molar-refractivity contribution in [3.05, 3.63) is 11.6 Å². The smallest absolute Gasteiger partial charge is 0.326 e. The molecular weight excluding hydrogens is 206 g/mol. The minimum atomic E-state index is -0.893. The second-order valence-electron chi connectivity index (χ2n) is 4.23. The largest absolute Gasteiger partial charge is 0.480 e. The van der Waals surface area contributed by atoms with Gasteiger partial charge in [-0.15, -0.1) is 0 Å². The number of hydrogen-bond acceptors (Lipinski definition) is 2. The number of likely N-dealkylation sites (tertiary alicyclic amines) is 1. The van der Waals surface area contributed by atoms with E-state index < -0.39 is 12.0 Å². The SMILES string of the molecule is CC/C(C)=C/C(=O)N1CCCCC1C(=O)O. The van der Waals surface area contributed by atoms with Crippen molar-refractivity contribution in [2.24, 2.45) is 0 Å². The first-order valence-corrected chi connectivity index (χ1v) is 5.76. The Kier molecular flexibility index (Phi) is 4.52. The summed E-state index contributed by atoms with van der Waals surface area (Å²) < 4.78 is 0. The third-order valence-electron chi connectivity index (χ3n) is 3.00. The summed E-state index contributed by atoms with van der Waals surface area (Å²) in [5.41, 5.74) is 0.986. The molecule has 1 saturated heterocycles. The van der Waals surface area contributed by atoms with Crippen LogP contribution in [0.4, 0.5) is 0 Å². The van der Waals surface area contributed by atoms with Crippen LogP contribution in [0.2, 0.25) is 0 Å². The van der Waals surface area contributed by atoms with Crippen molar-refractivity contribution in [2.75, 3.05) is 6.54 Å². The van der Waals surface area contributed by atoms with Gasteiger partial charge in [0.05, 0.1) is 0 Å². The normalized spacial score (nSPS) is 22.0. The molecule has 1 unspecified atom stereocenters. The lowest BCUT2D eigenvalue weighted by molar-refractivity contribution is -0.150. The average molecular weight is 225 g/mol. The fourth-order valence-corrected chi connectivity index (χ4v) is 1.85. The Bertz CT molecular complexity index is 309. The fraction of sp³-hybridized carbons (Fsp3) is 0.667. The van der Waals surface area contributed by atoms with E-state index in [0.717, 1.165) is 24.8 Å². The van der Waals surface area contributed by atoms with Gasteiger partial charge in [0.2, 0.25) is 5.91 Å². The van der Waals surface area contributed by atoms with Gasteiger partial charge in [-0.25, -0.2) is 4.79 Å². The summed E-state index contributed by atoms with van der Waals surface area (Å²) in [6.45, 7) is 4.42. The molecule has 0 aromatic heterocycles. The molecule has 0 aromatic carbocycles. The molecule has 1 aliphatic rings. The Labute approximate surface area is 95.9 Å². The summed E-state index contributed by atoms with van der Waals surface area (Å²) in [7, 11) is 0. The highest BCUT2D eigenvalue weighted by Gasteiger charge is 2.30. The van der Waals surface area contributed by atoms with E-state index in [1.165, 1.54) is 4.90 Å². The van der Waals surface area contributed by atoms with Crippen molar-refractivity contribution >= 4 is 11.9 Å². The van der Waals surface area contributed by atoms with Crippen molar-refractivity contribution in [2.45, 2.75) is 45.6 Å². The Balaban J connectivity index is 2.75. The predicted octanol–water partition coefficient (Wildman–Crippen LogP) is 1.81. The summed E-state index contributed by atoms with van der Waals surface area (Å²) in [6.07, 6.45) is 4.73. The second-order valence-corrected chi connectivity index (χ2v) is 4.23. The Hall–Kier alpha value is -1.32. The topological polar surface area (TPSA) is 57.6 Å². The van der Waals surface area contributed by atoms with Crippen LogP contribution >= 0.6 is 0 Å². The molecule has 1 fully saturated rings. The number of piperidine rings is 1. The minimum Gasteiger partial charge on any atom is -0.480 e. The number of allylic oxidation sites excluding steroid dienone is 1. The lowest BCUT2D eigenvalue weighted by Gasteiger charge is -2.32. The Morgan fingerprint density at radius 1 is 1.44 bits per heavy atom. The van der Waals surface area contributed by atoms with Gasteiger partial charge in [-0.05, 0) is 32.6 Å². The van der Waals surface area contributed by atoms with Crippen LogP contribution in [0, 0.1) is 0 Å². The average Bonchev–Trinajstić information content (AvgIpc) is 2.28. The van der Waals surface area contributed by atoms with Crippen LogP contribution in [0.1, 0.15) is 39.5 Å². The van der Waals surface area contributed by atoms with E-state index in [1.807, 2.05) is 13.8 Å². The molecule has 16 heavy (non-hydrogen) atoms. The predicted molar refractivity (Wildman–Crippen MR) is 61.0 cm³/mol. The van der Waals surface area contributed by atoms with Gasteiger partial charge in [0, 0.05) is 12.6 Å². The maximum absolute atomic E-state index is 11.9. The molecule has 1 N–H and O–H groups in total. The highest BCUT2D eigenvalue weighted by Crippen LogP contribution is 2.18. The summed E-state index contributed by atoms with van der Waals surface area (Å²) in [5, 5.41) is 9.03. The van der Waals surface area contributed by atoms with Crippen LogP contribution in [0.25, 0.3) is 0 Å². The van der Waals surface area contributed by atoms with Gasteiger partial charge in [-0.1, -0.05) is 12.5 Å². The molecule has 1 rings (SSSR count). The van der Waals surface area contributed by atoms with E-state index >= 15 is 0 Å². The molecule has 90 valence electrons. The van der Waals surface area contributed by atoms with Gasteiger partial charge in [0.25, 0.3) is 0 Å². The Morgan fingerprint density at radius 3 is 2.69 bits per heavy atom. The van der Waals surface area contributed by atoms with Crippen molar-refractivity contribution in [1.29, 1.82) is 0 Å². The third kappa shape index (κ3) is 3.08. The molecule has 1 aliphatic heterocycles. The van der Waals surface area contributed by atoms with Gasteiger partial charge < -0.3 is 10.0 Å². The van der Waals surface area contributed by atoms with Gasteiger partial charge in [-0.2, -0.15) is 0 Å². The second kappa shape index (κ2) is 5.68. The Morgan fingerprint density at radius 2 is 2.12 bits per heavy atom. The van der Waals surface area contributed by atoms with Crippen LogP contribution in [0.3, 0.4) is 0 Å². The minimum absolute atomic E-state index is 0.161. The number of hydrogen-bond donors (Lipinski definition) is 1. The number of rotatable bonds is 3. The van der Waals surface area contributed by atoms with E-state index in [4.69, 9.17) is 5.11 Å². The number of carboxylic acids is 1. The van der Waals surface area contributed by atoms with Gasteiger partial charge >= 0.3 is 5.97 Å². The summed E-state index contributed by atoms with van der Waals surface area (Å²) in [5.74, 6) is -1.05. The number of carbonyl (C=O) groups is 2. The quantitative estimate of drug-likeness (QED) is 0.745. The molecule has 1 amide bonds. The molecule has 0 spiro atoms. The van der Waals surface area contributed by atoms with Crippen molar-refractivity contribution in [1.82, 2.24) is 4.90 Å². The molecule has 4 nitrogen and oxygen atoms in total. The number of carbonyl (C=O) groups excluding carboxylic acids is 1. The van der Waals surface area contributed by atoms with Crippen molar-refractivity contribution in [3.8, 4) is 0 Å². The highest BCUT2D eigenvalue weighted by molar-refractivity contribution is 5.91.